The van der Waals surface area contributed by atoms with Gasteiger partial charge in [0.1, 0.15) is 0 Å². The van der Waals surface area contributed by atoms with Gasteiger partial charge in [0, 0.05) is 25.7 Å². The average Bonchev–Trinajstić information content (AvgIpc) is 2.37. The first-order valence-corrected chi connectivity index (χ1v) is 7.01. The highest BCUT2D eigenvalue weighted by Crippen LogP contribution is 2.24. The maximum Gasteiger partial charge on any atom is 0.0471 e. The van der Waals surface area contributed by atoms with Crippen molar-refractivity contribution >= 4 is 0 Å². The topological polar surface area (TPSA) is 23.5 Å². The third-order valence-electron chi connectivity index (χ3n) is 4.46. The number of nitrogens with zero attached hydrogens (tertiary/aromatic N) is 1. The van der Waals surface area contributed by atoms with Crippen molar-refractivity contribution in [1.82, 2.24) is 4.90 Å². The summed E-state index contributed by atoms with van der Waals surface area (Å²) >= 11 is 0. The SMILES string of the molecule is Cc1cccc(CN2CC(CO)CCC2C)c1C. The Morgan fingerprint density at radius 3 is 2.78 bits per heavy atom. The van der Waals surface area contributed by atoms with E-state index in [1.807, 2.05) is 0 Å². The molecule has 2 rings (SSSR count). The largest absolute Gasteiger partial charge is 0.396 e. The van der Waals surface area contributed by atoms with Crippen LogP contribution in [0.3, 0.4) is 0 Å². The number of benzene rings is 1. The van der Waals surface area contributed by atoms with Crippen LogP contribution >= 0.6 is 0 Å². The van der Waals surface area contributed by atoms with Gasteiger partial charge in [-0.1, -0.05) is 18.2 Å². The van der Waals surface area contributed by atoms with Crippen molar-refractivity contribution in [2.45, 2.75) is 46.2 Å². The number of aryl methyl sites for hydroxylation is 1. The first-order valence-electron chi connectivity index (χ1n) is 7.01. The van der Waals surface area contributed by atoms with Crippen molar-refractivity contribution in [3.05, 3.63) is 34.9 Å². The van der Waals surface area contributed by atoms with Crippen LogP contribution in [0.5, 0.6) is 0 Å². The Bertz CT molecular complexity index is 402. The molecule has 0 amide bonds. The van der Waals surface area contributed by atoms with E-state index in [0.717, 1.165) is 13.1 Å². The van der Waals surface area contributed by atoms with E-state index in [4.69, 9.17) is 0 Å². The number of rotatable bonds is 3. The fourth-order valence-corrected chi connectivity index (χ4v) is 2.83. The number of aliphatic hydroxyl groups is 1. The summed E-state index contributed by atoms with van der Waals surface area (Å²) in [6.45, 7) is 9.07. The van der Waals surface area contributed by atoms with Crippen LogP contribution in [0.2, 0.25) is 0 Å². The van der Waals surface area contributed by atoms with Crippen molar-refractivity contribution in [2.24, 2.45) is 5.92 Å². The summed E-state index contributed by atoms with van der Waals surface area (Å²) in [6, 6.07) is 7.19. The van der Waals surface area contributed by atoms with E-state index >= 15 is 0 Å². The lowest BCUT2D eigenvalue weighted by molar-refractivity contribution is 0.0770. The van der Waals surface area contributed by atoms with E-state index in [9.17, 15) is 5.11 Å². The molecule has 1 heterocycles. The Labute approximate surface area is 111 Å². The molecule has 2 heteroatoms. The van der Waals surface area contributed by atoms with Gasteiger partial charge in [-0.15, -0.1) is 0 Å². The summed E-state index contributed by atoms with van der Waals surface area (Å²) in [7, 11) is 0. The Hall–Kier alpha value is -0.860. The van der Waals surface area contributed by atoms with E-state index < -0.39 is 0 Å². The van der Waals surface area contributed by atoms with Crippen LogP contribution in [0.25, 0.3) is 0 Å². The first-order chi connectivity index (χ1) is 8.61. The van der Waals surface area contributed by atoms with Gasteiger partial charge < -0.3 is 5.11 Å². The molecule has 1 fully saturated rings. The molecule has 2 nitrogen and oxygen atoms in total. The second-order valence-corrected chi connectivity index (χ2v) is 5.76. The fraction of sp³-hybridized carbons (Fsp3) is 0.625. The van der Waals surface area contributed by atoms with E-state index in [1.165, 1.54) is 29.5 Å². The van der Waals surface area contributed by atoms with Crippen LogP contribution in [0, 0.1) is 19.8 Å². The fourth-order valence-electron chi connectivity index (χ4n) is 2.83. The van der Waals surface area contributed by atoms with Gasteiger partial charge in [0.2, 0.25) is 0 Å². The Balaban J connectivity index is 2.09. The van der Waals surface area contributed by atoms with Crippen molar-refractivity contribution in [3.63, 3.8) is 0 Å². The quantitative estimate of drug-likeness (QED) is 0.888. The van der Waals surface area contributed by atoms with Gasteiger partial charge in [-0.2, -0.15) is 0 Å². The summed E-state index contributed by atoms with van der Waals surface area (Å²) in [6.07, 6.45) is 2.37. The Kier molecular flexibility index (Phi) is 4.41. The molecule has 1 aliphatic rings. The number of piperidine rings is 1. The normalized spacial score (nSPS) is 25.3. The molecule has 1 N–H and O–H groups in total. The second kappa shape index (κ2) is 5.85. The zero-order chi connectivity index (χ0) is 13.1. The van der Waals surface area contributed by atoms with Gasteiger partial charge in [0.15, 0.2) is 0 Å². The summed E-state index contributed by atoms with van der Waals surface area (Å²) in [5, 5.41) is 9.33. The van der Waals surface area contributed by atoms with Crippen LogP contribution in [0.15, 0.2) is 18.2 Å². The zero-order valence-corrected chi connectivity index (χ0v) is 11.8. The standard InChI is InChI=1S/C16H25NO/c1-12-5-4-6-16(14(12)3)10-17-9-15(11-18)8-7-13(17)2/h4-6,13,15,18H,7-11H2,1-3H3. The van der Waals surface area contributed by atoms with E-state index in [2.05, 4.69) is 43.9 Å². The average molecular weight is 247 g/mol. The third kappa shape index (κ3) is 2.93. The molecule has 0 bridgehead atoms. The van der Waals surface area contributed by atoms with Gasteiger partial charge in [-0.05, 0) is 56.2 Å². The minimum Gasteiger partial charge on any atom is -0.396 e. The minimum absolute atomic E-state index is 0.329. The molecule has 0 aromatic heterocycles. The molecule has 0 saturated carbocycles. The van der Waals surface area contributed by atoms with E-state index in [1.54, 1.807) is 0 Å². The molecule has 18 heavy (non-hydrogen) atoms. The predicted octanol–water partition coefficient (Wildman–Crippen LogP) is 2.90. The molecule has 0 spiro atoms. The Morgan fingerprint density at radius 2 is 2.06 bits per heavy atom. The number of hydrogen-bond donors (Lipinski definition) is 1. The van der Waals surface area contributed by atoms with Gasteiger partial charge in [0.05, 0.1) is 0 Å². The van der Waals surface area contributed by atoms with E-state index in [-0.39, 0.29) is 0 Å². The highest BCUT2D eigenvalue weighted by Gasteiger charge is 2.25. The Morgan fingerprint density at radius 1 is 1.28 bits per heavy atom. The predicted molar refractivity (Wildman–Crippen MR) is 75.6 cm³/mol. The van der Waals surface area contributed by atoms with Crippen molar-refractivity contribution in [3.8, 4) is 0 Å². The van der Waals surface area contributed by atoms with Crippen LogP contribution in [0.1, 0.15) is 36.5 Å². The molecule has 1 aromatic carbocycles. The molecule has 100 valence electrons. The minimum atomic E-state index is 0.329. The van der Waals surface area contributed by atoms with Crippen molar-refractivity contribution in [2.75, 3.05) is 13.2 Å². The molecule has 0 radical (unpaired) electrons. The van der Waals surface area contributed by atoms with Gasteiger partial charge >= 0.3 is 0 Å². The van der Waals surface area contributed by atoms with E-state index in [0.29, 0.717) is 18.6 Å². The number of hydrogen-bond acceptors (Lipinski definition) is 2. The summed E-state index contributed by atoms with van der Waals surface area (Å²) in [5.41, 5.74) is 4.21. The van der Waals surface area contributed by atoms with Gasteiger partial charge in [-0.3, -0.25) is 4.90 Å². The lowest BCUT2D eigenvalue weighted by Gasteiger charge is -2.37. The number of aliphatic hydroxyl groups excluding tert-OH is 1. The maximum absolute atomic E-state index is 9.33. The summed E-state index contributed by atoms with van der Waals surface area (Å²) in [4.78, 5) is 2.52. The number of likely N-dealkylation sites (tertiary alicyclic amines) is 1. The monoisotopic (exact) mass is 247 g/mol. The van der Waals surface area contributed by atoms with Crippen LogP contribution in [-0.2, 0) is 6.54 Å². The van der Waals surface area contributed by atoms with Crippen molar-refractivity contribution in [1.29, 1.82) is 0 Å². The lowest BCUT2D eigenvalue weighted by Crippen LogP contribution is -2.42. The second-order valence-electron chi connectivity index (χ2n) is 5.76. The molecule has 1 saturated heterocycles. The van der Waals surface area contributed by atoms with Crippen LogP contribution in [-0.4, -0.2) is 29.2 Å². The molecule has 1 aromatic rings. The van der Waals surface area contributed by atoms with Gasteiger partial charge in [-0.25, -0.2) is 0 Å². The smallest absolute Gasteiger partial charge is 0.0471 e. The molecular formula is C16H25NO. The highest BCUT2D eigenvalue weighted by atomic mass is 16.3. The molecule has 1 aliphatic heterocycles. The zero-order valence-electron chi connectivity index (χ0n) is 11.8. The van der Waals surface area contributed by atoms with Gasteiger partial charge in [0.25, 0.3) is 0 Å². The summed E-state index contributed by atoms with van der Waals surface area (Å²) in [5.74, 6) is 0.464. The molecule has 2 unspecified atom stereocenters. The lowest BCUT2D eigenvalue weighted by atomic mass is 9.93. The highest BCUT2D eigenvalue weighted by molar-refractivity contribution is 5.33. The van der Waals surface area contributed by atoms with Crippen LogP contribution < -0.4 is 0 Å². The maximum atomic E-state index is 9.33. The molecule has 0 aliphatic carbocycles. The third-order valence-corrected chi connectivity index (χ3v) is 4.46. The first kappa shape index (κ1) is 13.6. The van der Waals surface area contributed by atoms with Crippen molar-refractivity contribution < 1.29 is 5.11 Å². The molecule has 2 atom stereocenters. The van der Waals surface area contributed by atoms with Crippen LogP contribution in [0.4, 0.5) is 0 Å². The molecular weight excluding hydrogens is 222 g/mol. The summed E-state index contributed by atoms with van der Waals surface area (Å²) < 4.78 is 0.